The van der Waals surface area contributed by atoms with Gasteiger partial charge in [0.1, 0.15) is 23.8 Å². The van der Waals surface area contributed by atoms with Crippen LogP contribution in [0.15, 0.2) is 59.7 Å². The Morgan fingerprint density at radius 3 is 2.62 bits per heavy atom. The third kappa shape index (κ3) is 2.54. The van der Waals surface area contributed by atoms with Crippen molar-refractivity contribution in [1.29, 1.82) is 0 Å². The van der Waals surface area contributed by atoms with E-state index in [2.05, 4.69) is 20.2 Å². The monoisotopic (exact) mass is 325 g/mol. The molecule has 0 atom stereocenters. The summed E-state index contributed by atoms with van der Waals surface area (Å²) >= 11 is 0. The van der Waals surface area contributed by atoms with Crippen LogP contribution in [0.4, 0.5) is 8.78 Å². The first-order valence-corrected chi connectivity index (χ1v) is 6.94. The quantitative estimate of drug-likeness (QED) is 0.578. The Morgan fingerprint density at radius 2 is 1.88 bits per heavy atom. The van der Waals surface area contributed by atoms with Crippen molar-refractivity contribution in [3.63, 3.8) is 0 Å². The Kier molecular flexibility index (Phi) is 3.34. The molecule has 0 unspecified atom stereocenters. The Hall–Kier alpha value is -3.42. The van der Waals surface area contributed by atoms with Crippen LogP contribution in [-0.2, 0) is 0 Å². The van der Waals surface area contributed by atoms with Gasteiger partial charge >= 0.3 is 0 Å². The lowest BCUT2D eigenvalue weighted by Crippen LogP contribution is -1.93. The number of aromatic nitrogens is 5. The summed E-state index contributed by atoms with van der Waals surface area (Å²) in [6.45, 7) is 0. The maximum atomic E-state index is 13.8. The number of imidazole rings is 1. The van der Waals surface area contributed by atoms with E-state index >= 15 is 0 Å². The number of nitrogens with zero attached hydrogens (tertiary/aromatic N) is 5. The van der Waals surface area contributed by atoms with Crippen LogP contribution in [-0.4, -0.2) is 24.7 Å². The van der Waals surface area contributed by atoms with Crippen molar-refractivity contribution in [2.75, 3.05) is 0 Å². The fourth-order valence-electron chi connectivity index (χ4n) is 2.17. The molecule has 0 fully saturated rings. The molecule has 0 aliphatic rings. The van der Waals surface area contributed by atoms with Crippen molar-refractivity contribution in [2.45, 2.75) is 0 Å². The summed E-state index contributed by atoms with van der Waals surface area (Å²) in [6.07, 6.45) is 6.58. The minimum absolute atomic E-state index is 0.0863. The van der Waals surface area contributed by atoms with Crippen LogP contribution < -0.4 is 0 Å². The summed E-state index contributed by atoms with van der Waals surface area (Å²) in [5, 5.41) is 7.63. The van der Waals surface area contributed by atoms with E-state index in [4.69, 9.17) is 4.42 Å². The highest BCUT2D eigenvalue weighted by atomic mass is 19.1. The maximum absolute atomic E-state index is 13.8. The number of halogens is 2. The van der Waals surface area contributed by atoms with Crippen molar-refractivity contribution in [3.8, 4) is 28.7 Å². The molecule has 0 spiro atoms. The van der Waals surface area contributed by atoms with Gasteiger partial charge in [-0.3, -0.25) is 4.57 Å². The number of hydrogen-bond acceptors (Lipinski definition) is 5. The van der Waals surface area contributed by atoms with Gasteiger partial charge in [0.15, 0.2) is 0 Å². The van der Waals surface area contributed by atoms with Gasteiger partial charge in [-0.1, -0.05) is 0 Å². The second-order valence-electron chi connectivity index (χ2n) is 4.91. The van der Waals surface area contributed by atoms with Gasteiger partial charge in [-0.2, -0.15) is 0 Å². The Bertz CT molecular complexity index is 980. The lowest BCUT2D eigenvalue weighted by Gasteiger charge is -2.01. The minimum Gasteiger partial charge on any atom is -0.416 e. The van der Waals surface area contributed by atoms with Gasteiger partial charge in [0.25, 0.3) is 5.89 Å². The van der Waals surface area contributed by atoms with Gasteiger partial charge in [0.05, 0.1) is 11.1 Å². The molecule has 0 saturated carbocycles. The molecule has 0 radical (unpaired) electrons. The normalized spacial score (nSPS) is 10.9. The van der Waals surface area contributed by atoms with E-state index in [0.717, 1.165) is 18.2 Å². The smallest absolute Gasteiger partial charge is 0.251 e. The highest BCUT2D eigenvalue weighted by Crippen LogP contribution is 2.26. The number of hydrogen-bond donors (Lipinski definition) is 0. The molecule has 0 saturated heterocycles. The molecule has 3 heterocycles. The zero-order valence-electron chi connectivity index (χ0n) is 12.1. The van der Waals surface area contributed by atoms with Crippen molar-refractivity contribution in [2.24, 2.45) is 0 Å². The molecule has 0 aliphatic heterocycles. The third-order valence-electron chi connectivity index (χ3n) is 3.35. The van der Waals surface area contributed by atoms with Crippen LogP contribution in [0.3, 0.4) is 0 Å². The zero-order valence-corrected chi connectivity index (χ0v) is 12.1. The molecule has 6 nitrogen and oxygen atoms in total. The Labute approximate surface area is 134 Å². The van der Waals surface area contributed by atoms with E-state index in [9.17, 15) is 8.78 Å². The van der Waals surface area contributed by atoms with Crippen molar-refractivity contribution >= 4 is 0 Å². The predicted molar refractivity (Wildman–Crippen MR) is 80.0 cm³/mol. The van der Waals surface area contributed by atoms with E-state index in [-0.39, 0.29) is 17.3 Å². The Balaban J connectivity index is 1.66. The number of benzene rings is 1. The second kappa shape index (κ2) is 5.65. The third-order valence-corrected chi connectivity index (χ3v) is 3.35. The van der Waals surface area contributed by atoms with Crippen LogP contribution >= 0.6 is 0 Å². The predicted octanol–water partition coefficient (Wildman–Crippen LogP) is 3.26. The van der Waals surface area contributed by atoms with Gasteiger partial charge in [-0.25, -0.2) is 18.7 Å². The molecular weight excluding hydrogens is 316 g/mol. The molecule has 4 rings (SSSR count). The van der Waals surface area contributed by atoms with E-state index in [1.165, 1.54) is 0 Å². The molecule has 0 amide bonds. The SMILES string of the molecule is Fc1ccc(F)c(-c2nnc(-c3ccc(-n4ccnc4)nc3)o2)c1. The summed E-state index contributed by atoms with van der Waals surface area (Å²) in [6, 6.07) is 6.53. The summed E-state index contributed by atoms with van der Waals surface area (Å²) in [5.41, 5.74) is 0.478. The molecule has 24 heavy (non-hydrogen) atoms. The summed E-state index contributed by atoms with van der Waals surface area (Å²) in [4.78, 5) is 8.22. The highest BCUT2D eigenvalue weighted by Gasteiger charge is 2.15. The van der Waals surface area contributed by atoms with Gasteiger partial charge < -0.3 is 4.42 Å². The van der Waals surface area contributed by atoms with Crippen LogP contribution in [0.5, 0.6) is 0 Å². The van der Waals surface area contributed by atoms with Crippen LogP contribution in [0, 0.1) is 11.6 Å². The fourth-order valence-corrected chi connectivity index (χ4v) is 2.17. The molecule has 1 aromatic carbocycles. The van der Waals surface area contributed by atoms with Gasteiger partial charge in [-0.05, 0) is 30.3 Å². The molecule has 8 heteroatoms. The van der Waals surface area contributed by atoms with Gasteiger partial charge in [0.2, 0.25) is 5.89 Å². The minimum atomic E-state index is -0.639. The second-order valence-corrected chi connectivity index (χ2v) is 4.91. The molecule has 0 aliphatic carbocycles. The largest absolute Gasteiger partial charge is 0.416 e. The van der Waals surface area contributed by atoms with Gasteiger partial charge in [0, 0.05) is 18.6 Å². The zero-order chi connectivity index (χ0) is 16.5. The topological polar surface area (TPSA) is 69.6 Å². The molecule has 0 N–H and O–H groups in total. The summed E-state index contributed by atoms with van der Waals surface area (Å²) < 4.78 is 34.2. The molecule has 3 aromatic heterocycles. The average molecular weight is 325 g/mol. The maximum Gasteiger partial charge on any atom is 0.251 e. The number of rotatable bonds is 3. The fraction of sp³-hybridized carbons (Fsp3) is 0. The van der Waals surface area contributed by atoms with E-state index in [0.29, 0.717) is 11.4 Å². The van der Waals surface area contributed by atoms with Crippen molar-refractivity contribution < 1.29 is 13.2 Å². The van der Waals surface area contributed by atoms with Crippen LogP contribution in [0.1, 0.15) is 0 Å². The highest BCUT2D eigenvalue weighted by molar-refractivity contribution is 5.58. The first-order chi connectivity index (χ1) is 11.7. The van der Waals surface area contributed by atoms with Crippen LogP contribution in [0.25, 0.3) is 28.7 Å². The lowest BCUT2D eigenvalue weighted by molar-refractivity contribution is 0.564. The van der Waals surface area contributed by atoms with Gasteiger partial charge in [-0.15, -0.1) is 10.2 Å². The van der Waals surface area contributed by atoms with E-state index in [1.807, 2.05) is 0 Å². The lowest BCUT2D eigenvalue weighted by atomic mass is 10.2. The molecule has 0 bridgehead atoms. The first-order valence-electron chi connectivity index (χ1n) is 6.94. The van der Waals surface area contributed by atoms with Crippen LogP contribution in [0.2, 0.25) is 0 Å². The first kappa shape index (κ1) is 14.2. The summed E-state index contributed by atoms with van der Waals surface area (Å²) in [5.74, 6) is -0.483. The van der Waals surface area contributed by atoms with E-state index < -0.39 is 11.6 Å². The molecule has 118 valence electrons. The van der Waals surface area contributed by atoms with Crippen molar-refractivity contribution in [1.82, 2.24) is 24.7 Å². The average Bonchev–Trinajstić information content (AvgIpc) is 3.29. The number of pyridine rings is 1. The summed E-state index contributed by atoms with van der Waals surface area (Å²) in [7, 11) is 0. The molecular formula is C16H9F2N5O. The van der Waals surface area contributed by atoms with E-state index in [1.54, 1.807) is 41.6 Å². The Morgan fingerprint density at radius 1 is 1.00 bits per heavy atom. The van der Waals surface area contributed by atoms with Crippen molar-refractivity contribution in [3.05, 3.63) is 66.9 Å². The molecule has 4 aromatic rings. The standard InChI is InChI=1S/C16H9F2N5O/c17-11-2-3-13(18)12(7-11)16-22-21-15(24-16)10-1-4-14(20-8-10)23-6-5-19-9-23/h1-9H.